The fourth-order valence-corrected chi connectivity index (χ4v) is 2.31. The summed E-state index contributed by atoms with van der Waals surface area (Å²) in [5.41, 5.74) is 1.74. The van der Waals surface area contributed by atoms with Crippen LogP contribution in [0.3, 0.4) is 0 Å². The molecule has 110 valence electrons. The van der Waals surface area contributed by atoms with Crippen molar-refractivity contribution in [3.05, 3.63) is 57.5 Å². The number of ether oxygens (including phenoxy) is 1. The number of nitrogens with one attached hydrogen (secondary N) is 1. The summed E-state index contributed by atoms with van der Waals surface area (Å²) >= 11 is 9.38. The summed E-state index contributed by atoms with van der Waals surface area (Å²) in [6.07, 6.45) is 0.821. The maximum absolute atomic E-state index is 11.8. The van der Waals surface area contributed by atoms with E-state index in [1.807, 2.05) is 37.3 Å². The van der Waals surface area contributed by atoms with Crippen molar-refractivity contribution in [1.82, 2.24) is 0 Å². The van der Waals surface area contributed by atoms with Gasteiger partial charge in [-0.25, -0.2) is 0 Å². The Morgan fingerprint density at radius 3 is 2.62 bits per heavy atom. The molecule has 0 radical (unpaired) electrons. The van der Waals surface area contributed by atoms with Crippen molar-refractivity contribution in [2.75, 3.05) is 11.9 Å². The Labute approximate surface area is 137 Å². The lowest BCUT2D eigenvalue weighted by atomic mass is 10.1. The first-order chi connectivity index (χ1) is 10.1. The van der Waals surface area contributed by atoms with Gasteiger partial charge in [0.2, 0.25) is 0 Å². The number of hydrogen-bond donors (Lipinski definition) is 1. The van der Waals surface area contributed by atoms with Crippen molar-refractivity contribution in [1.29, 1.82) is 0 Å². The number of rotatable bonds is 5. The number of halogens is 2. The molecule has 0 fully saturated rings. The molecule has 0 aromatic heterocycles. The van der Waals surface area contributed by atoms with E-state index in [9.17, 15) is 4.79 Å². The van der Waals surface area contributed by atoms with Crippen LogP contribution < -0.4 is 10.1 Å². The number of carbonyl (C=O) groups is 1. The number of hydrogen-bond acceptors (Lipinski definition) is 2. The molecule has 5 heteroatoms. The third kappa shape index (κ3) is 4.76. The van der Waals surface area contributed by atoms with E-state index in [1.54, 1.807) is 12.1 Å². The van der Waals surface area contributed by atoms with Crippen molar-refractivity contribution in [3.63, 3.8) is 0 Å². The smallest absolute Gasteiger partial charge is 0.262 e. The molecule has 0 atom stereocenters. The fourth-order valence-electron chi connectivity index (χ4n) is 1.79. The minimum absolute atomic E-state index is 0.0408. The molecule has 0 aliphatic carbocycles. The van der Waals surface area contributed by atoms with Gasteiger partial charge in [-0.1, -0.05) is 34.5 Å². The largest absolute Gasteiger partial charge is 0.484 e. The van der Waals surface area contributed by atoms with E-state index in [4.69, 9.17) is 16.3 Å². The molecule has 2 aromatic rings. The molecule has 0 heterocycles. The third-order valence-electron chi connectivity index (χ3n) is 2.90. The second-order valence-electron chi connectivity index (χ2n) is 4.45. The van der Waals surface area contributed by atoms with Crippen LogP contribution in [0.4, 0.5) is 5.69 Å². The van der Waals surface area contributed by atoms with E-state index < -0.39 is 0 Å². The summed E-state index contributed by atoms with van der Waals surface area (Å²) in [6.45, 7) is 1.98. The predicted octanol–water partition coefficient (Wildman–Crippen LogP) is 4.68. The average Bonchev–Trinajstić information content (AvgIpc) is 2.49. The first-order valence-electron chi connectivity index (χ1n) is 6.55. The van der Waals surface area contributed by atoms with Gasteiger partial charge in [0, 0.05) is 15.2 Å². The third-order valence-corrected chi connectivity index (χ3v) is 3.79. The van der Waals surface area contributed by atoms with Crippen LogP contribution >= 0.6 is 27.5 Å². The summed E-state index contributed by atoms with van der Waals surface area (Å²) in [5, 5.41) is 3.48. The van der Waals surface area contributed by atoms with Crippen LogP contribution in [0, 0.1) is 0 Å². The van der Waals surface area contributed by atoms with Gasteiger partial charge in [0.05, 0.1) is 0 Å². The number of aryl methyl sites for hydroxylation is 1. The highest BCUT2D eigenvalue weighted by atomic mass is 79.9. The monoisotopic (exact) mass is 367 g/mol. The molecule has 0 aliphatic rings. The normalized spacial score (nSPS) is 10.2. The highest BCUT2D eigenvalue weighted by Gasteiger charge is 2.05. The van der Waals surface area contributed by atoms with Crippen LogP contribution in [0.2, 0.25) is 5.02 Å². The zero-order chi connectivity index (χ0) is 15.2. The van der Waals surface area contributed by atoms with E-state index in [0.717, 1.165) is 22.1 Å². The molecule has 1 N–H and O–H groups in total. The molecule has 1 amide bonds. The van der Waals surface area contributed by atoms with Crippen molar-refractivity contribution in [2.45, 2.75) is 13.3 Å². The van der Waals surface area contributed by atoms with Gasteiger partial charge in [-0.3, -0.25) is 4.79 Å². The van der Waals surface area contributed by atoms with E-state index in [2.05, 4.69) is 21.2 Å². The van der Waals surface area contributed by atoms with E-state index in [-0.39, 0.29) is 12.5 Å². The lowest BCUT2D eigenvalue weighted by molar-refractivity contribution is -0.118. The minimum atomic E-state index is -0.203. The van der Waals surface area contributed by atoms with Crippen molar-refractivity contribution >= 4 is 39.1 Å². The van der Waals surface area contributed by atoms with E-state index in [1.165, 1.54) is 0 Å². The molecule has 0 bridgehead atoms. The number of amides is 1. The van der Waals surface area contributed by atoms with Gasteiger partial charge in [-0.15, -0.1) is 0 Å². The molecule has 0 unspecified atom stereocenters. The van der Waals surface area contributed by atoms with Crippen molar-refractivity contribution in [3.8, 4) is 5.75 Å². The SMILES string of the molecule is CCc1cc(OCC(=O)Nc2ccc(Br)cc2)ccc1Cl. The summed E-state index contributed by atoms with van der Waals surface area (Å²) < 4.78 is 6.44. The van der Waals surface area contributed by atoms with Gasteiger partial charge in [0.1, 0.15) is 5.75 Å². The Morgan fingerprint density at radius 1 is 1.24 bits per heavy atom. The molecule has 3 nitrogen and oxygen atoms in total. The Morgan fingerprint density at radius 2 is 1.95 bits per heavy atom. The summed E-state index contributed by atoms with van der Waals surface area (Å²) in [5.74, 6) is 0.438. The molecule has 2 rings (SSSR count). The van der Waals surface area contributed by atoms with Gasteiger partial charge in [0.15, 0.2) is 6.61 Å². The summed E-state index contributed by atoms with van der Waals surface area (Å²) in [7, 11) is 0. The predicted molar refractivity (Wildman–Crippen MR) is 89.1 cm³/mol. The maximum atomic E-state index is 11.8. The molecule has 0 saturated heterocycles. The standard InChI is InChI=1S/C16H15BrClNO2/c1-2-11-9-14(7-8-15(11)18)21-10-16(20)19-13-5-3-12(17)4-6-13/h3-9H,2,10H2,1H3,(H,19,20). The van der Waals surface area contributed by atoms with E-state index >= 15 is 0 Å². The Kier molecular flexibility index (Phi) is 5.65. The molecule has 2 aromatic carbocycles. The topological polar surface area (TPSA) is 38.3 Å². The molecule has 0 saturated carbocycles. The first kappa shape index (κ1) is 15.9. The highest BCUT2D eigenvalue weighted by Crippen LogP contribution is 2.22. The first-order valence-corrected chi connectivity index (χ1v) is 7.72. The fraction of sp³-hybridized carbons (Fsp3) is 0.188. The van der Waals surface area contributed by atoms with Gasteiger partial charge >= 0.3 is 0 Å². The van der Waals surface area contributed by atoms with Crippen LogP contribution in [0.25, 0.3) is 0 Å². The maximum Gasteiger partial charge on any atom is 0.262 e. The van der Waals surface area contributed by atoms with Gasteiger partial charge in [-0.2, -0.15) is 0 Å². The molecule has 0 spiro atoms. The second-order valence-corrected chi connectivity index (χ2v) is 5.77. The van der Waals surface area contributed by atoms with Gasteiger partial charge in [-0.05, 0) is 54.4 Å². The highest BCUT2D eigenvalue weighted by molar-refractivity contribution is 9.10. The Bertz CT molecular complexity index is 629. The van der Waals surface area contributed by atoms with Gasteiger partial charge in [0.25, 0.3) is 5.91 Å². The van der Waals surface area contributed by atoms with Crippen molar-refractivity contribution in [2.24, 2.45) is 0 Å². The average molecular weight is 369 g/mol. The number of benzene rings is 2. The second kappa shape index (κ2) is 7.48. The van der Waals surface area contributed by atoms with Crippen LogP contribution in [0.15, 0.2) is 46.9 Å². The summed E-state index contributed by atoms with van der Waals surface area (Å²) in [4.78, 5) is 11.8. The molecule has 21 heavy (non-hydrogen) atoms. The lowest BCUT2D eigenvalue weighted by Gasteiger charge is -2.09. The zero-order valence-corrected chi connectivity index (χ0v) is 13.9. The van der Waals surface area contributed by atoms with Crippen LogP contribution in [-0.4, -0.2) is 12.5 Å². The van der Waals surface area contributed by atoms with E-state index in [0.29, 0.717) is 10.8 Å². The van der Waals surface area contributed by atoms with Crippen LogP contribution in [-0.2, 0) is 11.2 Å². The van der Waals surface area contributed by atoms with Crippen molar-refractivity contribution < 1.29 is 9.53 Å². The molecular weight excluding hydrogens is 354 g/mol. The lowest BCUT2D eigenvalue weighted by Crippen LogP contribution is -2.20. The molecular formula is C16H15BrClNO2. The quantitative estimate of drug-likeness (QED) is 0.832. The summed E-state index contributed by atoms with van der Waals surface area (Å²) in [6, 6.07) is 12.8. The minimum Gasteiger partial charge on any atom is -0.484 e. The Balaban J connectivity index is 1.90. The van der Waals surface area contributed by atoms with Crippen LogP contribution in [0.1, 0.15) is 12.5 Å². The zero-order valence-electron chi connectivity index (χ0n) is 11.5. The molecule has 0 aliphatic heterocycles. The van der Waals surface area contributed by atoms with Gasteiger partial charge < -0.3 is 10.1 Å². The Hall–Kier alpha value is -1.52. The van der Waals surface area contributed by atoms with Crippen LogP contribution in [0.5, 0.6) is 5.75 Å². The number of carbonyl (C=O) groups excluding carboxylic acids is 1. The number of anilines is 1.